The van der Waals surface area contributed by atoms with Gasteiger partial charge in [-0.1, -0.05) is 17.4 Å². The third kappa shape index (κ3) is 4.80. The minimum atomic E-state index is -0.606. The molecule has 172 valence electrons. The maximum atomic E-state index is 13.0. The number of hydrogen-bond acceptors (Lipinski definition) is 7. The minimum absolute atomic E-state index is 0.0975. The van der Waals surface area contributed by atoms with E-state index in [-0.39, 0.29) is 17.8 Å². The van der Waals surface area contributed by atoms with Gasteiger partial charge in [-0.15, -0.1) is 0 Å². The van der Waals surface area contributed by atoms with Crippen molar-refractivity contribution in [3.63, 3.8) is 0 Å². The molecule has 0 radical (unpaired) electrons. The van der Waals surface area contributed by atoms with Crippen molar-refractivity contribution in [3.8, 4) is 0 Å². The largest absolute Gasteiger partial charge is 0.468 e. The number of esters is 1. The summed E-state index contributed by atoms with van der Waals surface area (Å²) in [6.45, 7) is 3.37. The number of ether oxygens (including phenoxy) is 1. The van der Waals surface area contributed by atoms with E-state index in [1.807, 2.05) is 30.0 Å². The predicted octanol–water partition coefficient (Wildman–Crippen LogP) is 3.82. The predicted molar refractivity (Wildman–Crippen MR) is 126 cm³/mol. The van der Waals surface area contributed by atoms with E-state index >= 15 is 0 Å². The molecule has 0 N–H and O–H groups in total. The minimum Gasteiger partial charge on any atom is -0.468 e. The van der Waals surface area contributed by atoms with Gasteiger partial charge in [0.1, 0.15) is 12.2 Å². The lowest BCUT2D eigenvalue weighted by Crippen LogP contribution is -2.30. The Morgan fingerprint density at radius 1 is 1.15 bits per heavy atom. The van der Waals surface area contributed by atoms with Crippen molar-refractivity contribution >= 4 is 44.8 Å². The number of nitrogens with zero attached hydrogens (tertiary/aromatic N) is 4. The van der Waals surface area contributed by atoms with Crippen LogP contribution in [0, 0.1) is 17.0 Å². The highest BCUT2D eigenvalue weighted by Gasteiger charge is 2.23. The number of fused-ring (bicyclic) bond motifs is 1. The molecule has 0 atom stereocenters. The molecule has 1 fully saturated rings. The summed E-state index contributed by atoms with van der Waals surface area (Å²) in [4.78, 5) is 42.8. The van der Waals surface area contributed by atoms with Crippen molar-refractivity contribution in [3.05, 3.63) is 62.4 Å². The number of rotatable bonds is 5. The highest BCUT2D eigenvalue weighted by Crippen LogP contribution is 2.31. The lowest BCUT2D eigenvalue weighted by atomic mass is 10.1. The van der Waals surface area contributed by atoms with Crippen molar-refractivity contribution in [2.24, 2.45) is 4.99 Å². The molecule has 1 aromatic heterocycles. The van der Waals surface area contributed by atoms with Crippen molar-refractivity contribution in [2.45, 2.75) is 32.7 Å². The Labute approximate surface area is 194 Å². The van der Waals surface area contributed by atoms with Crippen molar-refractivity contribution < 1.29 is 19.2 Å². The number of nitro benzene ring substituents is 1. The Bertz CT molecular complexity index is 1300. The Balaban J connectivity index is 1.76. The molecule has 0 bridgehead atoms. The van der Waals surface area contributed by atoms with Crippen LogP contribution in [0.15, 0.2) is 41.4 Å². The summed E-state index contributed by atoms with van der Waals surface area (Å²) in [6, 6.07) is 10.2. The number of carbonyl (C=O) groups is 2. The zero-order valence-electron chi connectivity index (χ0n) is 18.4. The summed E-state index contributed by atoms with van der Waals surface area (Å²) in [5, 5.41) is 11.7. The zero-order valence-corrected chi connectivity index (χ0v) is 19.3. The van der Waals surface area contributed by atoms with Crippen LogP contribution in [-0.4, -0.2) is 41.6 Å². The van der Waals surface area contributed by atoms with E-state index in [9.17, 15) is 19.7 Å². The number of anilines is 1. The van der Waals surface area contributed by atoms with E-state index in [0.717, 1.165) is 48.1 Å². The third-order valence-electron chi connectivity index (χ3n) is 5.67. The number of thiazole rings is 1. The summed E-state index contributed by atoms with van der Waals surface area (Å²) in [5.41, 5.74) is 2.34. The number of nitro groups is 1. The van der Waals surface area contributed by atoms with Crippen LogP contribution in [0.2, 0.25) is 0 Å². The number of hydrogen-bond donors (Lipinski definition) is 0. The van der Waals surface area contributed by atoms with Gasteiger partial charge in [-0.2, -0.15) is 4.99 Å². The first-order valence-electron chi connectivity index (χ1n) is 10.7. The molecule has 33 heavy (non-hydrogen) atoms. The van der Waals surface area contributed by atoms with Crippen molar-refractivity contribution in [2.75, 3.05) is 25.1 Å². The van der Waals surface area contributed by atoms with Crippen molar-refractivity contribution in [1.29, 1.82) is 0 Å². The SMILES string of the molecule is COC(=O)Cn1c(=NC(=O)c2ccc(N3CCCCC3)c([N+](=O)[O-])c2)sc2cc(C)ccc21. The van der Waals surface area contributed by atoms with Crippen LogP contribution in [-0.2, 0) is 16.1 Å². The van der Waals surface area contributed by atoms with Gasteiger partial charge in [-0.3, -0.25) is 19.7 Å². The second kappa shape index (κ2) is 9.53. The highest BCUT2D eigenvalue weighted by atomic mass is 32.1. The first-order chi connectivity index (χ1) is 15.9. The fourth-order valence-electron chi connectivity index (χ4n) is 3.97. The standard InChI is InChI=1S/C23H24N4O5S/c1-15-6-8-18-20(12-15)33-23(26(18)14-21(28)32-2)24-22(29)16-7-9-17(19(13-16)27(30)31)25-10-4-3-5-11-25/h6-9,12-13H,3-5,10-11,14H2,1-2H3. The summed E-state index contributed by atoms with van der Waals surface area (Å²) in [5.74, 6) is -1.07. The number of amides is 1. The molecule has 9 nitrogen and oxygen atoms in total. The topological polar surface area (TPSA) is 107 Å². The molecular weight excluding hydrogens is 444 g/mol. The Morgan fingerprint density at radius 2 is 1.91 bits per heavy atom. The van der Waals surface area contributed by atoms with Gasteiger partial charge in [-0.25, -0.2) is 0 Å². The molecule has 10 heteroatoms. The summed E-state index contributed by atoms with van der Waals surface area (Å²) < 4.78 is 7.29. The fraction of sp³-hybridized carbons (Fsp3) is 0.348. The quantitative estimate of drug-likeness (QED) is 0.320. The maximum Gasteiger partial charge on any atom is 0.325 e. The van der Waals surface area contributed by atoms with Gasteiger partial charge in [-0.05, 0) is 56.0 Å². The van der Waals surface area contributed by atoms with Crippen LogP contribution in [0.1, 0.15) is 35.2 Å². The lowest BCUT2D eigenvalue weighted by Gasteiger charge is -2.28. The molecule has 0 saturated carbocycles. The summed E-state index contributed by atoms with van der Waals surface area (Å²) in [6.07, 6.45) is 3.08. The van der Waals surface area contributed by atoms with E-state index in [1.54, 1.807) is 16.7 Å². The van der Waals surface area contributed by atoms with Gasteiger partial charge in [0.25, 0.3) is 11.6 Å². The molecule has 0 aliphatic carbocycles. The highest BCUT2D eigenvalue weighted by molar-refractivity contribution is 7.16. The average Bonchev–Trinajstić information content (AvgIpc) is 3.14. The van der Waals surface area contributed by atoms with Gasteiger partial charge in [0.15, 0.2) is 4.80 Å². The van der Waals surface area contributed by atoms with E-state index in [1.165, 1.54) is 24.5 Å². The molecule has 1 aliphatic heterocycles. The maximum absolute atomic E-state index is 13.0. The smallest absolute Gasteiger partial charge is 0.325 e. The van der Waals surface area contributed by atoms with Crippen LogP contribution < -0.4 is 9.70 Å². The van der Waals surface area contributed by atoms with Crippen LogP contribution in [0.3, 0.4) is 0 Å². The van der Waals surface area contributed by atoms with Gasteiger partial charge in [0.05, 0.1) is 22.2 Å². The molecule has 1 aliphatic rings. The molecule has 3 aromatic rings. The van der Waals surface area contributed by atoms with E-state index in [4.69, 9.17) is 4.74 Å². The van der Waals surface area contributed by atoms with Gasteiger partial charge in [0.2, 0.25) is 0 Å². The van der Waals surface area contributed by atoms with E-state index in [2.05, 4.69) is 4.99 Å². The van der Waals surface area contributed by atoms with Crippen LogP contribution in [0.25, 0.3) is 10.2 Å². The van der Waals surface area contributed by atoms with Crippen LogP contribution in [0.4, 0.5) is 11.4 Å². The van der Waals surface area contributed by atoms with Crippen LogP contribution in [0.5, 0.6) is 0 Å². The molecular formula is C23H24N4O5S. The second-order valence-corrected chi connectivity index (χ2v) is 8.95. The van der Waals surface area contributed by atoms with E-state index < -0.39 is 16.8 Å². The molecule has 0 spiro atoms. The normalized spacial score (nSPS) is 14.5. The fourth-order valence-corrected chi connectivity index (χ4v) is 5.09. The number of aromatic nitrogens is 1. The molecule has 2 heterocycles. The first-order valence-corrected chi connectivity index (χ1v) is 11.5. The average molecular weight is 469 g/mol. The Kier molecular flexibility index (Phi) is 6.55. The third-order valence-corrected chi connectivity index (χ3v) is 6.71. The molecule has 1 amide bonds. The van der Waals surface area contributed by atoms with Gasteiger partial charge >= 0.3 is 5.97 Å². The first kappa shape index (κ1) is 22.7. The lowest BCUT2D eigenvalue weighted by molar-refractivity contribution is -0.384. The second-order valence-electron chi connectivity index (χ2n) is 7.94. The Hall–Kier alpha value is -3.53. The number of methoxy groups -OCH3 is 1. The molecule has 0 unspecified atom stereocenters. The summed E-state index contributed by atoms with van der Waals surface area (Å²) >= 11 is 1.28. The number of piperidine rings is 1. The number of benzene rings is 2. The molecule has 2 aromatic carbocycles. The van der Waals surface area contributed by atoms with Crippen molar-refractivity contribution in [1.82, 2.24) is 4.57 Å². The van der Waals surface area contributed by atoms with Gasteiger partial charge < -0.3 is 14.2 Å². The molecule has 1 saturated heterocycles. The molecule has 4 rings (SSSR count). The summed E-state index contributed by atoms with van der Waals surface area (Å²) in [7, 11) is 1.30. The van der Waals surface area contributed by atoms with Gasteiger partial charge in [0, 0.05) is 24.7 Å². The number of aryl methyl sites for hydroxylation is 1. The zero-order chi connectivity index (χ0) is 23.5. The van der Waals surface area contributed by atoms with E-state index in [0.29, 0.717) is 10.5 Å². The van der Waals surface area contributed by atoms with Crippen LogP contribution >= 0.6 is 11.3 Å². The Morgan fingerprint density at radius 3 is 2.61 bits per heavy atom. The number of carbonyl (C=O) groups excluding carboxylic acids is 2. The monoisotopic (exact) mass is 468 g/mol.